The third kappa shape index (κ3) is 2.41. The minimum Gasteiger partial charge on any atom is -0.465 e. The molecule has 2 rings (SSSR count). The van der Waals surface area contributed by atoms with Crippen molar-refractivity contribution in [3.63, 3.8) is 0 Å². The van der Waals surface area contributed by atoms with E-state index in [1.165, 1.54) is 5.56 Å². The third-order valence-electron chi connectivity index (χ3n) is 3.56. The minimum absolute atomic E-state index is 0.175. The number of benzene rings is 1. The second kappa shape index (κ2) is 5.00. The first-order chi connectivity index (χ1) is 8.87. The Bertz CT molecular complexity index is 537. The van der Waals surface area contributed by atoms with E-state index in [1.54, 1.807) is 0 Å². The SMILES string of the molecule is C=C1N(CC(=O)OCC)c2ccc(Br)cc2C1(C)C. The average Bonchev–Trinajstić information content (AvgIpc) is 2.51. The smallest absolute Gasteiger partial charge is 0.325 e. The molecule has 4 heteroatoms. The number of fused-ring (bicyclic) bond motifs is 1. The molecule has 0 amide bonds. The van der Waals surface area contributed by atoms with Gasteiger partial charge in [0.2, 0.25) is 0 Å². The molecule has 0 spiro atoms. The number of carbonyl (C=O) groups excluding carboxylic acids is 1. The monoisotopic (exact) mass is 323 g/mol. The fourth-order valence-corrected chi connectivity index (χ4v) is 2.76. The van der Waals surface area contributed by atoms with Crippen molar-refractivity contribution in [2.24, 2.45) is 0 Å². The van der Waals surface area contributed by atoms with Crippen LogP contribution < -0.4 is 4.90 Å². The lowest BCUT2D eigenvalue weighted by molar-refractivity contribution is -0.141. The van der Waals surface area contributed by atoms with Crippen molar-refractivity contribution in [2.45, 2.75) is 26.2 Å². The summed E-state index contributed by atoms with van der Waals surface area (Å²) in [5.41, 5.74) is 2.96. The van der Waals surface area contributed by atoms with Crippen LogP contribution in [0.15, 0.2) is 34.9 Å². The van der Waals surface area contributed by atoms with E-state index in [4.69, 9.17) is 4.74 Å². The van der Waals surface area contributed by atoms with E-state index in [1.807, 2.05) is 24.0 Å². The maximum atomic E-state index is 11.7. The molecule has 0 aromatic heterocycles. The highest BCUT2D eigenvalue weighted by Crippen LogP contribution is 2.47. The van der Waals surface area contributed by atoms with Gasteiger partial charge in [-0.2, -0.15) is 0 Å². The molecule has 0 saturated carbocycles. The quantitative estimate of drug-likeness (QED) is 0.795. The summed E-state index contributed by atoms with van der Waals surface area (Å²) in [7, 11) is 0. The molecule has 0 saturated heterocycles. The van der Waals surface area contributed by atoms with Crippen LogP contribution >= 0.6 is 15.9 Å². The van der Waals surface area contributed by atoms with Crippen molar-refractivity contribution in [1.29, 1.82) is 0 Å². The van der Waals surface area contributed by atoms with Gasteiger partial charge in [-0.15, -0.1) is 0 Å². The minimum atomic E-state index is -0.227. The highest BCUT2D eigenvalue weighted by atomic mass is 79.9. The number of anilines is 1. The number of hydrogen-bond acceptors (Lipinski definition) is 3. The van der Waals surface area contributed by atoms with Gasteiger partial charge in [0.1, 0.15) is 6.54 Å². The number of hydrogen-bond donors (Lipinski definition) is 0. The van der Waals surface area contributed by atoms with E-state index >= 15 is 0 Å². The molecule has 0 atom stereocenters. The van der Waals surface area contributed by atoms with Crippen LogP contribution in [0.4, 0.5) is 5.69 Å². The highest BCUT2D eigenvalue weighted by Gasteiger charge is 2.39. The molecule has 1 aliphatic rings. The van der Waals surface area contributed by atoms with Gasteiger partial charge in [0.25, 0.3) is 0 Å². The molecule has 0 unspecified atom stereocenters. The Balaban J connectivity index is 2.38. The lowest BCUT2D eigenvalue weighted by Gasteiger charge is -2.24. The Morgan fingerprint density at radius 1 is 1.47 bits per heavy atom. The van der Waals surface area contributed by atoms with Crippen LogP contribution in [-0.4, -0.2) is 19.1 Å². The van der Waals surface area contributed by atoms with Gasteiger partial charge in [0, 0.05) is 21.3 Å². The van der Waals surface area contributed by atoms with E-state index < -0.39 is 0 Å². The second-order valence-electron chi connectivity index (χ2n) is 5.12. The van der Waals surface area contributed by atoms with Crippen molar-refractivity contribution in [3.8, 4) is 0 Å². The van der Waals surface area contributed by atoms with Crippen molar-refractivity contribution >= 4 is 27.6 Å². The first kappa shape index (κ1) is 14.1. The summed E-state index contributed by atoms with van der Waals surface area (Å²) in [6.07, 6.45) is 0. The fraction of sp³-hybridized carbons (Fsp3) is 0.400. The van der Waals surface area contributed by atoms with E-state index in [-0.39, 0.29) is 17.9 Å². The number of esters is 1. The Morgan fingerprint density at radius 3 is 2.79 bits per heavy atom. The number of carbonyl (C=O) groups is 1. The van der Waals surface area contributed by atoms with Crippen molar-refractivity contribution in [3.05, 3.63) is 40.5 Å². The molecular weight excluding hydrogens is 306 g/mol. The van der Waals surface area contributed by atoms with Crippen LogP contribution in [0.1, 0.15) is 26.3 Å². The Kier molecular flexibility index (Phi) is 3.72. The van der Waals surface area contributed by atoms with Crippen LogP contribution in [-0.2, 0) is 14.9 Å². The summed E-state index contributed by atoms with van der Waals surface area (Å²) in [4.78, 5) is 13.7. The van der Waals surface area contributed by atoms with Gasteiger partial charge in [0.15, 0.2) is 0 Å². The number of halogens is 1. The normalized spacial score (nSPS) is 16.4. The summed E-state index contributed by atoms with van der Waals surface area (Å²) >= 11 is 3.49. The fourth-order valence-electron chi connectivity index (χ4n) is 2.40. The Hall–Kier alpha value is -1.29. The summed E-state index contributed by atoms with van der Waals surface area (Å²) in [6, 6.07) is 6.08. The van der Waals surface area contributed by atoms with E-state index in [0.29, 0.717) is 6.61 Å². The molecule has 0 aliphatic carbocycles. The number of ether oxygens (including phenoxy) is 1. The molecule has 19 heavy (non-hydrogen) atoms. The van der Waals surface area contributed by atoms with Crippen LogP contribution in [0.5, 0.6) is 0 Å². The summed E-state index contributed by atoms with van der Waals surface area (Å²) in [5, 5.41) is 0. The zero-order valence-corrected chi connectivity index (χ0v) is 13.1. The zero-order valence-electron chi connectivity index (χ0n) is 11.5. The van der Waals surface area contributed by atoms with Gasteiger partial charge >= 0.3 is 5.97 Å². The molecule has 0 radical (unpaired) electrons. The highest BCUT2D eigenvalue weighted by molar-refractivity contribution is 9.10. The van der Waals surface area contributed by atoms with Gasteiger partial charge in [-0.05, 0) is 30.7 Å². The molecule has 0 N–H and O–H groups in total. The molecule has 0 fully saturated rings. The van der Waals surface area contributed by atoms with Crippen LogP contribution in [0, 0.1) is 0 Å². The first-order valence-corrected chi connectivity index (χ1v) is 7.09. The van der Waals surface area contributed by atoms with Crippen LogP contribution in [0.3, 0.4) is 0 Å². The average molecular weight is 324 g/mol. The summed E-state index contributed by atoms with van der Waals surface area (Å²) in [6.45, 7) is 10.8. The predicted octanol–water partition coefficient (Wildman–Crippen LogP) is 3.62. The largest absolute Gasteiger partial charge is 0.465 e. The maximum absolute atomic E-state index is 11.7. The summed E-state index contributed by atoms with van der Waals surface area (Å²) in [5.74, 6) is -0.227. The Labute approximate surface area is 122 Å². The molecular formula is C15H18BrNO2. The van der Waals surface area contributed by atoms with Gasteiger partial charge in [0.05, 0.1) is 6.61 Å². The Morgan fingerprint density at radius 2 is 2.16 bits per heavy atom. The van der Waals surface area contributed by atoms with E-state index in [9.17, 15) is 4.79 Å². The number of rotatable bonds is 3. The van der Waals surface area contributed by atoms with Gasteiger partial charge < -0.3 is 9.64 Å². The molecule has 102 valence electrons. The molecule has 1 aliphatic heterocycles. The van der Waals surface area contributed by atoms with Gasteiger partial charge in [-0.25, -0.2) is 0 Å². The zero-order chi connectivity index (χ0) is 14.2. The van der Waals surface area contributed by atoms with Crippen molar-refractivity contribution < 1.29 is 9.53 Å². The molecule has 1 aromatic rings. The van der Waals surface area contributed by atoms with E-state index in [2.05, 4.69) is 42.4 Å². The summed E-state index contributed by atoms with van der Waals surface area (Å²) < 4.78 is 6.06. The van der Waals surface area contributed by atoms with Crippen LogP contribution in [0.25, 0.3) is 0 Å². The molecule has 3 nitrogen and oxygen atoms in total. The number of allylic oxidation sites excluding steroid dienone is 1. The van der Waals surface area contributed by atoms with Crippen molar-refractivity contribution in [2.75, 3.05) is 18.1 Å². The maximum Gasteiger partial charge on any atom is 0.325 e. The lowest BCUT2D eigenvalue weighted by atomic mass is 9.84. The topological polar surface area (TPSA) is 29.5 Å². The third-order valence-corrected chi connectivity index (χ3v) is 4.06. The number of nitrogens with zero attached hydrogens (tertiary/aromatic N) is 1. The van der Waals surface area contributed by atoms with Gasteiger partial charge in [-0.3, -0.25) is 4.79 Å². The molecule has 0 bridgehead atoms. The lowest BCUT2D eigenvalue weighted by Crippen LogP contribution is -2.31. The second-order valence-corrected chi connectivity index (χ2v) is 6.04. The predicted molar refractivity (Wildman–Crippen MR) is 80.3 cm³/mol. The van der Waals surface area contributed by atoms with Crippen LogP contribution in [0.2, 0.25) is 0 Å². The van der Waals surface area contributed by atoms with Crippen molar-refractivity contribution in [1.82, 2.24) is 0 Å². The standard InChI is InChI=1S/C15H18BrNO2/c1-5-19-14(18)9-17-10(2)15(3,4)12-8-11(16)6-7-13(12)17/h6-8H,2,5,9H2,1,3-4H3. The molecule has 1 aromatic carbocycles. The molecule has 1 heterocycles. The first-order valence-electron chi connectivity index (χ1n) is 6.30. The van der Waals surface area contributed by atoms with E-state index in [0.717, 1.165) is 15.9 Å². The van der Waals surface area contributed by atoms with Gasteiger partial charge in [-0.1, -0.05) is 36.4 Å².